The van der Waals surface area contributed by atoms with Crippen molar-refractivity contribution >= 4 is 33.6 Å². The van der Waals surface area contributed by atoms with Crippen LogP contribution in [-0.2, 0) is 19.6 Å². The number of benzene rings is 3. The van der Waals surface area contributed by atoms with Crippen molar-refractivity contribution in [1.29, 1.82) is 0 Å². The van der Waals surface area contributed by atoms with E-state index < -0.39 is 0 Å². The average Bonchev–Trinajstić information content (AvgIpc) is 3.23. The molecule has 2 aliphatic heterocycles. The summed E-state index contributed by atoms with van der Waals surface area (Å²) in [6, 6.07) is 20.7. The number of fused-ring (bicyclic) bond motifs is 2. The predicted octanol–water partition coefficient (Wildman–Crippen LogP) is 4.46. The van der Waals surface area contributed by atoms with Crippen LogP contribution in [0.15, 0.2) is 76.3 Å². The molecule has 2 fully saturated rings. The van der Waals surface area contributed by atoms with Gasteiger partial charge >= 0.3 is 0 Å². The van der Waals surface area contributed by atoms with Gasteiger partial charge in [-0.15, -0.1) is 0 Å². The molecule has 0 spiro atoms. The Hall–Kier alpha value is -5.21. The standard InChI is InChI=1S/C27H33FN4O2.C19H26N4O2/c1-18-4-7-22-23(27(34)29-3)16-26(33)32(25(22)14-18)13-12-31-10-8-21(9-11-31)30-17-20-6-5-19(2)24(28)15-20;1-13-3-4-15-16(19(25)21-2)12-18(24)23(17(15)11-13)10-9-22-7-5-14(20)6-8-22/h4-7,14-16,21,30H,8-13,17H2,1-3H3,(H,29,34);3-4,11-12,14H,5-10,20H2,1-2H3,(H,21,25). The Morgan fingerprint density at radius 3 is 1.59 bits per heavy atom. The number of halogens is 1. The van der Waals surface area contributed by atoms with Crippen molar-refractivity contribution in [3.05, 3.63) is 127 Å². The molecule has 2 saturated heterocycles. The smallest absolute Gasteiger partial charge is 0.251 e. The maximum atomic E-state index is 13.8. The van der Waals surface area contributed by atoms with Crippen molar-refractivity contribution in [2.75, 3.05) is 53.4 Å². The molecule has 0 radical (unpaired) electrons. The lowest BCUT2D eigenvalue weighted by Gasteiger charge is -2.32. The summed E-state index contributed by atoms with van der Waals surface area (Å²) in [5.41, 5.74) is 11.9. The number of carbonyl (C=O) groups is 2. The van der Waals surface area contributed by atoms with E-state index in [1.54, 1.807) is 36.2 Å². The summed E-state index contributed by atoms with van der Waals surface area (Å²) in [5, 5.41) is 10.4. The minimum atomic E-state index is -0.249. The summed E-state index contributed by atoms with van der Waals surface area (Å²) >= 11 is 0. The van der Waals surface area contributed by atoms with E-state index in [1.807, 2.05) is 62.4 Å². The van der Waals surface area contributed by atoms with Crippen LogP contribution in [-0.4, -0.2) is 96.2 Å². The monoisotopic (exact) mass is 806 g/mol. The maximum Gasteiger partial charge on any atom is 0.251 e. The number of piperidine rings is 2. The first-order chi connectivity index (χ1) is 28.3. The number of nitrogens with two attached hydrogens (primary N) is 1. The van der Waals surface area contributed by atoms with Gasteiger partial charge in [0.1, 0.15) is 5.82 Å². The molecule has 0 bridgehead atoms. The van der Waals surface area contributed by atoms with Crippen molar-refractivity contribution in [3.63, 3.8) is 0 Å². The number of carbonyl (C=O) groups excluding carboxylic acids is 2. The third kappa shape index (κ3) is 10.7. The van der Waals surface area contributed by atoms with E-state index in [-0.39, 0.29) is 28.8 Å². The highest BCUT2D eigenvalue weighted by Gasteiger charge is 2.21. The highest BCUT2D eigenvalue weighted by atomic mass is 19.1. The second-order valence-electron chi connectivity index (χ2n) is 16.1. The number of amides is 2. The van der Waals surface area contributed by atoms with Gasteiger partial charge in [-0.3, -0.25) is 19.2 Å². The molecule has 5 N–H and O–H groups in total. The maximum absolute atomic E-state index is 13.8. The number of hydrogen-bond acceptors (Lipinski definition) is 8. The lowest BCUT2D eigenvalue weighted by Crippen LogP contribution is -2.43. The summed E-state index contributed by atoms with van der Waals surface area (Å²) < 4.78 is 17.3. The summed E-state index contributed by atoms with van der Waals surface area (Å²) in [4.78, 5) is 54.7. The number of nitrogens with zero attached hydrogens (tertiary/aromatic N) is 4. The van der Waals surface area contributed by atoms with Gasteiger partial charge < -0.3 is 40.6 Å². The zero-order chi connectivity index (χ0) is 42.2. The van der Waals surface area contributed by atoms with Crippen LogP contribution >= 0.6 is 0 Å². The summed E-state index contributed by atoms with van der Waals surface area (Å²) in [6.07, 6.45) is 4.03. The van der Waals surface area contributed by atoms with Crippen LogP contribution in [0.5, 0.6) is 0 Å². The first-order valence-electron chi connectivity index (χ1n) is 20.8. The van der Waals surface area contributed by atoms with Crippen molar-refractivity contribution in [2.24, 2.45) is 5.73 Å². The first-order valence-corrected chi connectivity index (χ1v) is 20.8. The second kappa shape index (κ2) is 19.7. The minimum absolute atomic E-state index is 0.134. The number of aromatic nitrogens is 2. The number of rotatable bonds is 11. The normalized spacial score (nSPS) is 15.6. The Kier molecular flexibility index (Phi) is 14.5. The van der Waals surface area contributed by atoms with E-state index in [4.69, 9.17) is 5.73 Å². The molecule has 2 amide bonds. The molecular weight excluding hydrogens is 748 g/mol. The largest absolute Gasteiger partial charge is 0.355 e. The minimum Gasteiger partial charge on any atom is -0.355 e. The number of aryl methyl sites for hydroxylation is 3. The van der Waals surface area contributed by atoms with Crippen LogP contribution in [0, 0.1) is 26.6 Å². The average molecular weight is 807 g/mol. The zero-order valence-corrected chi connectivity index (χ0v) is 35.1. The number of hydrogen-bond donors (Lipinski definition) is 4. The van der Waals surface area contributed by atoms with Gasteiger partial charge in [0.25, 0.3) is 22.9 Å². The molecule has 0 aliphatic carbocycles. The number of likely N-dealkylation sites (tertiary alicyclic amines) is 2. The Morgan fingerprint density at radius 1 is 0.661 bits per heavy atom. The summed E-state index contributed by atoms with van der Waals surface area (Å²) in [7, 11) is 3.15. The Labute approximate surface area is 345 Å². The Morgan fingerprint density at radius 2 is 1.14 bits per heavy atom. The van der Waals surface area contributed by atoms with Gasteiger partial charge in [0.15, 0.2) is 0 Å². The van der Waals surface area contributed by atoms with Gasteiger partial charge in [-0.25, -0.2) is 4.39 Å². The first kappa shape index (κ1) is 43.4. The van der Waals surface area contributed by atoms with Gasteiger partial charge in [0.05, 0.1) is 22.2 Å². The topological polar surface area (TPSA) is 147 Å². The van der Waals surface area contributed by atoms with Crippen LogP contribution in [0.3, 0.4) is 0 Å². The van der Waals surface area contributed by atoms with Crippen LogP contribution in [0.25, 0.3) is 21.8 Å². The van der Waals surface area contributed by atoms with Crippen molar-refractivity contribution in [3.8, 4) is 0 Å². The molecule has 0 unspecified atom stereocenters. The van der Waals surface area contributed by atoms with E-state index in [1.165, 1.54) is 12.1 Å². The van der Waals surface area contributed by atoms with Crippen LogP contribution in [0.1, 0.15) is 68.7 Å². The van der Waals surface area contributed by atoms with E-state index in [2.05, 4.69) is 25.8 Å². The molecule has 12 nitrogen and oxygen atoms in total. The highest BCUT2D eigenvalue weighted by Crippen LogP contribution is 2.21. The van der Waals surface area contributed by atoms with E-state index in [0.717, 1.165) is 103 Å². The van der Waals surface area contributed by atoms with Crippen LogP contribution in [0.4, 0.5) is 4.39 Å². The summed E-state index contributed by atoms with van der Waals surface area (Å²) in [5.74, 6) is -0.639. The summed E-state index contributed by atoms with van der Waals surface area (Å²) in [6.45, 7) is 13.0. The molecule has 2 aromatic heterocycles. The third-order valence-electron chi connectivity index (χ3n) is 11.8. The molecule has 314 valence electrons. The van der Waals surface area contributed by atoms with Gasteiger partial charge in [-0.1, -0.05) is 36.4 Å². The van der Waals surface area contributed by atoms with Crippen molar-refractivity contribution < 1.29 is 14.0 Å². The van der Waals surface area contributed by atoms with E-state index in [0.29, 0.717) is 48.4 Å². The highest BCUT2D eigenvalue weighted by molar-refractivity contribution is 6.07. The van der Waals surface area contributed by atoms with Crippen LogP contribution < -0.4 is 32.8 Å². The molecule has 4 heterocycles. The van der Waals surface area contributed by atoms with E-state index >= 15 is 0 Å². The lowest BCUT2D eigenvalue weighted by molar-refractivity contribution is 0.0956. The third-order valence-corrected chi connectivity index (χ3v) is 11.8. The zero-order valence-electron chi connectivity index (χ0n) is 35.1. The molecule has 3 aromatic carbocycles. The van der Waals surface area contributed by atoms with E-state index in [9.17, 15) is 23.6 Å². The molecule has 0 saturated carbocycles. The molecule has 13 heteroatoms. The Balaban J connectivity index is 0.000000208. The molecule has 59 heavy (non-hydrogen) atoms. The van der Waals surface area contributed by atoms with Crippen LogP contribution in [0.2, 0.25) is 0 Å². The molecular formula is C46H59FN8O4. The van der Waals surface area contributed by atoms with Gasteiger partial charge in [0, 0.05) is 81.8 Å². The SMILES string of the molecule is CNC(=O)c1cc(=O)n(CCN2CCC(N)CC2)c2cc(C)ccc12.CNC(=O)c1cc(=O)n(CCN2CCC(NCc3ccc(C)c(F)c3)CC2)c2cc(C)ccc12. The molecule has 5 aromatic rings. The lowest BCUT2D eigenvalue weighted by atomic mass is 10.0. The second-order valence-corrected chi connectivity index (χ2v) is 16.1. The fourth-order valence-corrected chi connectivity index (χ4v) is 8.12. The van der Waals surface area contributed by atoms with Gasteiger partial charge in [-0.2, -0.15) is 0 Å². The molecule has 2 aliphatic rings. The fourth-order valence-electron chi connectivity index (χ4n) is 8.12. The van der Waals surface area contributed by atoms with Gasteiger partial charge in [0.2, 0.25) is 0 Å². The Bertz CT molecular complexity index is 2410. The number of nitrogens with one attached hydrogen (secondary N) is 3. The molecule has 0 atom stereocenters. The predicted molar refractivity (Wildman–Crippen MR) is 234 cm³/mol. The molecule has 7 rings (SSSR count). The van der Waals surface area contributed by atoms with Crippen molar-refractivity contribution in [2.45, 2.75) is 78.2 Å². The quantitative estimate of drug-likeness (QED) is 0.153. The van der Waals surface area contributed by atoms with Gasteiger partial charge in [-0.05, 0) is 113 Å². The van der Waals surface area contributed by atoms with Crippen molar-refractivity contribution in [1.82, 2.24) is 34.9 Å². The number of pyridine rings is 2. The fraction of sp³-hybridized carbons (Fsp3) is 0.435.